The molecule has 30 heavy (non-hydrogen) atoms. The van der Waals surface area contributed by atoms with E-state index in [9.17, 15) is 9.59 Å². The van der Waals surface area contributed by atoms with E-state index in [1.165, 1.54) is 11.3 Å². The van der Waals surface area contributed by atoms with Crippen molar-refractivity contribution in [3.63, 3.8) is 0 Å². The third-order valence-electron chi connectivity index (χ3n) is 4.93. The number of aromatic nitrogens is 3. The number of hydrogen-bond acceptors (Lipinski definition) is 6. The smallest absolute Gasteiger partial charge is 0.410 e. The second-order valence-electron chi connectivity index (χ2n) is 8.35. The van der Waals surface area contributed by atoms with Gasteiger partial charge in [0.05, 0.1) is 10.2 Å². The number of carbonyl (C=O) groups is 1. The van der Waals surface area contributed by atoms with Crippen molar-refractivity contribution in [2.24, 2.45) is 0 Å². The SMILES string of the molecule is CC(C)(C)OC(=O)N1CCC(c2nc(Cl)c(-c3nc4ccccc4s3)c(=O)[nH]2)CC1. The predicted octanol–water partition coefficient (Wildman–Crippen LogP) is 4.81. The topological polar surface area (TPSA) is 88.2 Å². The van der Waals surface area contributed by atoms with Crippen LogP contribution in [0, 0.1) is 0 Å². The van der Waals surface area contributed by atoms with E-state index in [0.717, 1.165) is 10.2 Å². The van der Waals surface area contributed by atoms with Crippen LogP contribution < -0.4 is 5.56 Å². The predicted molar refractivity (Wildman–Crippen MR) is 118 cm³/mol. The Morgan fingerprint density at radius 1 is 1.23 bits per heavy atom. The lowest BCUT2D eigenvalue weighted by molar-refractivity contribution is 0.0203. The molecule has 1 fully saturated rings. The summed E-state index contributed by atoms with van der Waals surface area (Å²) in [7, 11) is 0. The van der Waals surface area contributed by atoms with Crippen molar-refractivity contribution >= 4 is 39.2 Å². The van der Waals surface area contributed by atoms with Crippen molar-refractivity contribution in [3.8, 4) is 10.6 Å². The molecule has 0 atom stereocenters. The second kappa shape index (κ2) is 8.00. The number of likely N-dealkylation sites (tertiary alicyclic amines) is 1. The van der Waals surface area contributed by atoms with Crippen LogP contribution in [-0.2, 0) is 4.74 Å². The number of amides is 1. The van der Waals surface area contributed by atoms with Gasteiger partial charge in [0.25, 0.3) is 5.56 Å². The van der Waals surface area contributed by atoms with Crippen molar-refractivity contribution in [1.29, 1.82) is 0 Å². The van der Waals surface area contributed by atoms with Crippen LogP contribution in [0.2, 0.25) is 5.15 Å². The first-order valence-electron chi connectivity index (χ1n) is 9.85. The van der Waals surface area contributed by atoms with Gasteiger partial charge in [-0.2, -0.15) is 0 Å². The molecule has 0 spiro atoms. The van der Waals surface area contributed by atoms with Gasteiger partial charge in [0.1, 0.15) is 27.1 Å². The fourth-order valence-corrected chi connectivity index (χ4v) is 4.81. The van der Waals surface area contributed by atoms with Gasteiger partial charge in [-0.05, 0) is 45.7 Å². The van der Waals surface area contributed by atoms with Crippen molar-refractivity contribution in [1.82, 2.24) is 19.9 Å². The fourth-order valence-electron chi connectivity index (χ4n) is 3.48. The zero-order chi connectivity index (χ0) is 21.5. The number of rotatable bonds is 2. The minimum Gasteiger partial charge on any atom is -0.444 e. The fraction of sp³-hybridized carbons (Fsp3) is 0.429. The highest BCUT2D eigenvalue weighted by atomic mass is 35.5. The number of nitrogens with one attached hydrogen (secondary N) is 1. The molecule has 2 aromatic heterocycles. The van der Waals surface area contributed by atoms with Gasteiger partial charge < -0.3 is 14.6 Å². The number of thiazole rings is 1. The van der Waals surface area contributed by atoms with Crippen LogP contribution in [0.1, 0.15) is 45.4 Å². The summed E-state index contributed by atoms with van der Waals surface area (Å²) in [5.74, 6) is 0.581. The summed E-state index contributed by atoms with van der Waals surface area (Å²) in [6.45, 7) is 6.63. The number of piperidine rings is 1. The highest BCUT2D eigenvalue weighted by Gasteiger charge is 2.29. The summed E-state index contributed by atoms with van der Waals surface area (Å²) >= 11 is 7.83. The van der Waals surface area contributed by atoms with E-state index in [0.29, 0.717) is 42.3 Å². The summed E-state index contributed by atoms with van der Waals surface area (Å²) in [6, 6.07) is 7.69. The number of aromatic amines is 1. The lowest BCUT2D eigenvalue weighted by atomic mass is 9.96. The number of benzene rings is 1. The third-order valence-corrected chi connectivity index (χ3v) is 6.26. The Bertz CT molecular complexity index is 1110. The summed E-state index contributed by atoms with van der Waals surface area (Å²) in [5.41, 5.74) is 0.308. The average Bonchev–Trinajstić information content (AvgIpc) is 3.09. The molecule has 3 aromatic rings. The van der Waals surface area contributed by atoms with E-state index in [4.69, 9.17) is 16.3 Å². The van der Waals surface area contributed by atoms with Crippen molar-refractivity contribution in [3.05, 3.63) is 45.6 Å². The maximum absolute atomic E-state index is 12.8. The molecule has 158 valence electrons. The monoisotopic (exact) mass is 446 g/mol. The first kappa shape index (κ1) is 20.8. The van der Waals surface area contributed by atoms with Crippen LogP contribution in [0.25, 0.3) is 20.8 Å². The van der Waals surface area contributed by atoms with E-state index in [-0.39, 0.29) is 22.7 Å². The number of carbonyl (C=O) groups excluding carboxylic acids is 1. The van der Waals surface area contributed by atoms with E-state index in [1.54, 1.807) is 4.90 Å². The van der Waals surface area contributed by atoms with Crippen LogP contribution in [0.5, 0.6) is 0 Å². The van der Waals surface area contributed by atoms with Crippen LogP contribution in [0.4, 0.5) is 4.79 Å². The van der Waals surface area contributed by atoms with Crippen molar-refractivity contribution < 1.29 is 9.53 Å². The van der Waals surface area contributed by atoms with E-state index < -0.39 is 5.60 Å². The Morgan fingerprint density at radius 2 is 1.93 bits per heavy atom. The molecule has 3 heterocycles. The molecule has 0 bridgehead atoms. The van der Waals surface area contributed by atoms with Crippen molar-refractivity contribution in [2.75, 3.05) is 13.1 Å². The Morgan fingerprint density at radius 3 is 2.57 bits per heavy atom. The molecule has 0 aliphatic carbocycles. The molecular weight excluding hydrogens is 424 g/mol. The molecule has 0 unspecified atom stereocenters. The maximum Gasteiger partial charge on any atom is 0.410 e. The highest BCUT2D eigenvalue weighted by molar-refractivity contribution is 7.21. The first-order valence-corrected chi connectivity index (χ1v) is 11.0. The zero-order valence-corrected chi connectivity index (χ0v) is 18.6. The van der Waals surface area contributed by atoms with Gasteiger partial charge in [-0.1, -0.05) is 23.7 Å². The molecule has 9 heteroatoms. The lowest BCUT2D eigenvalue weighted by Crippen LogP contribution is -2.41. The molecule has 1 aliphatic rings. The van der Waals surface area contributed by atoms with Crippen molar-refractivity contribution in [2.45, 2.75) is 45.1 Å². The van der Waals surface area contributed by atoms with E-state index in [2.05, 4.69) is 15.0 Å². The van der Waals surface area contributed by atoms with Crippen LogP contribution >= 0.6 is 22.9 Å². The molecule has 1 aliphatic heterocycles. The summed E-state index contributed by atoms with van der Waals surface area (Å²) in [6.07, 6.45) is 1.05. The summed E-state index contributed by atoms with van der Waals surface area (Å²) < 4.78 is 6.42. The largest absolute Gasteiger partial charge is 0.444 e. The third kappa shape index (κ3) is 4.34. The van der Waals surface area contributed by atoms with Gasteiger partial charge in [0, 0.05) is 19.0 Å². The molecule has 1 amide bonds. The Balaban J connectivity index is 1.52. The minimum absolute atomic E-state index is 0.0262. The number of fused-ring (bicyclic) bond motifs is 1. The first-order chi connectivity index (χ1) is 14.2. The molecular formula is C21H23ClN4O3S. The maximum atomic E-state index is 12.8. The molecule has 0 saturated carbocycles. The Kier molecular flexibility index (Phi) is 5.55. The van der Waals surface area contributed by atoms with Gasteiger partial charge in [-0.25, -0.2) is 14.8 Å². The number of nitrogens with zero attached hydrogens (tertiary/aromatic N) is 3. The highest BCUT2D eigenvalue weighted by Crippen LogP contribution is 2.33. The van der Waals surface area contributed by atoms with Gasteiger partial charge >= 0.3 is 6.09 Å². The normalized spacial score (nSPS) is 15.5. The zero-order valence-electron chi connectivity index (χ0n) is 17.1. The molecule has 1 aromatic carbocycles. The number of ether oxygens (including phenoxy) is 1. The molecule has 1 N–H and O–H groups in total. The number of para-hydroxylation sites is 1. The van der Waals surface area contributed by atoms with Crippen LogP contribution in [0.3, 0.4) is 0 Å². The van der Waals surface area contributed by atoms with Crippen LogP contribution in [-0.4, -0.2) is 44.6 Å². The molecule has 7 nitrogen and oxygen atoms in total. The van der Waals surface area contributed by atoms with E-state index >= 15 is 0 Å². The number of halogens is 1. The molecule has 1 saturated heterocycles. The van der Waals surface area contributed by atoms with Gasteiger partial charge in [-0.15, -0.1) is 11.3 Å². The second-order valence-corrected chi connectivity index (χ2v) is 9.73. The number of H-pyrrole nitrogens is 1. The minimum atomic E-state index is -0.523. The van der Waals surface area contributed by atoms with E-state index in [1.807, 2.05) is 45.0 Å². The quantitative estimate of drug-likeness (QED) is 0.570. The Labute approximate surface area is 183 Å². The Hall–Kier alpha value is -2.45. The molecule has 0 radical (unpaired) electrons. The average molecular weight is 447 g/mol. The number of hydrogen-bond donors (Lipinski definition) is 1. The molecule has 4 rings (SSSR count). The van der Waals surface area contributed by atoms with Gasteiger partial charge in [0.2, 0.25) is 0 Å². The lowest BCUT2D eigenvalue weighted by Gasteiger charge is -2.33. The van der Waals surface area contributed by atoms with Gasteiger partial charge in [-0.3, -0.25) is 4.79 Å². The summed E-state index contributed by atoms with van der Waals surface area (Å²) in [5, 5.41) is 0.712. The van der Waals surface area contributed by atoms with Crippen LogP contribution in [0.15, 0.2) is 29.1 Å². The summed E-state index contributed by atoms with van der Waals surface area (Å²) in [4.78, 5) is 38.6. The van der Waals surface area contributed by atoms with Gasteiger partial charge in [0.15, 0.2) is 0 Å². The standard InChI is InChI=1S/C21H23ClN4O3S/c1-21(2,3)29-20(28)26-10-8-12(9-11-26)17-24-16(22)15(18(27)25-17)19-23-13-6-4-5-7-14(13)30-19/h4-7,12H,8-11H2,1-3H3,(H,24,25,27).